The van der Waals surface area contributed by atoms with E-state index in [0.29, 0.717) is 36.3 Å². The molecule has 3 aromatic rings. The first-order valence-electron chi connectivity index (χ1n) is 10.3. The average Bonchev–Trinajstić information content (AvgIpc) is 3.23. The van der Waals surface area contributed by atoms with Crippen LogP contribution in [0.2, 0.25) is 0 Å². The number of hydrogen-bond acceptors (Lipinski definition) is 5. The van der Waals surface area contributed by atoms with E-state index in [4.69, 9.17) is 14.2 Å². The van der Waals surface area contributed by atoms with Crippen LogP contribution in [0.25, 0.3) is 5.69 Å². The van der Waals surface area contributed by atoms with Gasteiger partial charge in [0.05, 0.1) is 32.7 Å². The zero-order valence-corrected chi connectivity index (χ0v) is 18.4. The molecule has 0 atom stereocenters. The third-order valence-corrected chi connectivity index (χ3v) is 4.77. The Morgan fingerprint density at radius 1 is 1.03 bits per heavy atom. The lowest BCUT2D eigenvalue weighted by Gasteiger charge is -2.13. The molecule has 1 heterocycles. The third kappa shape index (κ3) is 5.78. The fourth-order valence-corrected chi connectivity index (χ4v) is 2.99. The first-order valence-corrected chi connectivity index (χ1v) is 10.3. The molecule has 0 saturated heterocycles. The SMILES string of the molecule is COc1cc(CNC(=O)c2nn(-c3ccccc3)cc2OC)ccc1OCCC(C)C. The van der Waals surface area contributed by atoms with Crippen molar-refractivity contribution < 1.29 is 19.0 Å². The zero-order chi connectivity index (χ0) is 22.2. The highest BCUT2D eigenvalue weighted by Gasteiger charge is 2.18. The molecule has 0 saturated carbocycles. The molecule has 0 aliphatic rings. The number of ether oxygens (including phenoxy) is 3. The Bertz CT molecular complexity index is 999. The Morgan fingerprint density at radius 2 is 1.77 bits per heavy atom. The smallest absolute Gasteiger partial charge is 0.275 e. The van der Waals surface area contributed by atoms with Crippen molar-refractivity contribution in [3.63, 3.8) is 0 Å². The average molecular weight is 424 g/mol. The van der Waals surface area contributed by atoms with Gasteiger partial charge in [-0.2, -0.15) is 5.10 Å². The topological polar surface area (TPSA) is 74.6 Å². The van der Waals surface area contributed by atoms with Gasteiger partial charge < -0.3 is 19.5 Å². The molecule has 7 heteroatoms. The summed E-state index contributed by atoms with van der Waals surface area (Å²) in [5, 5.41) is 7.29. The molecule has 164 valence electrons. The summed E-state index contributed by atoms with van der Waals surface area (Å²) in [5.74, 6) is 2.00. The van der Waals surface area contributed by atoms with Gasteiger partial charge >= 0.3 is 0 Å². The standard InChI is InChI=1S/C24H29N3O4/c1-17(2)12-13-31-20-11-10-18(14-21(20)29-3)15-25-24(28)23-22(30-4)16-27(26-23)19-8-6-5-7-9-19/h5-11,14,16-17H,12-13,15H2,1-4H3,(H,25,28). The van der Waals surface area contributed by atoms with Gasteiger partial charge in [-0.1, -0.05) is 38.1 Å². The highest BCUT2D eigenvalue weighted by Crippen LogP contribution is 2.28. The van der Waals surface area contributed by atoms with Crippen molar-refractivity contribution in [2.75, 3.05) is 20.8 Å². The predicted octanol–water partition coefficient (Wildman–Crippen LogP) is 4.24. The number of para-hydroxylation sites is 1. The highest BCUT2D eigenvalue weighted by molar-refractivity contribution is 5.94. The summed E-state index contributed by atoms with van der Waals surface area (Å²) in [4.78, 5) is 12.7. The van der Waals surface area contributed by atoms with Crippen molar-refractivity contribution in [3.8, 4) is 22.9 Å². The van der Waals surface area contributed by atoms with E-state index >= 15 is 0 Å². The van der Waals surface area contributed by atoms with Gasteiger partial charge in [-0.05, 0) is 42.2 Å². The van der Waals surface area contributed by atoms with Gasteiger partial charge in [-0.25, -0.2) is 4.68 Å². The van der Waals surface area contributed by atoms with Crippen molar-refractivity contribution >= 4 is 5.91 Å². The van der Waals surface area contributed by atoms with Crippen molar-refractivity contribution in [1.29, 1.82) is 0 Å². The minimum atomic E-state index is -0.317. The van der Waals surface area contributed by atoms with Crippen LogP contribution in [0.4, 0.5) is 0 Å². The van der Waals surface area contributed by atoms with Crippen LogP contribution in [-0.4, -0.2) is 36.5 Å². The molecule has 0 fully saturated rings. The van der Waals surface area contributed by atoms with E-state index < -0.39 is 0 Å². The van der Waals surface area contributed by atoms with E-state index in [0.717, 1.165) is 17.7 Å². The Balaban J connectivity index is 1.67. The summed E-state index contributed by atoms with van der Waals surface area (Å²) >= 11 is 0. The summed E-state index contributed by atoms with van der Waals surface area (Å²) in [7, 11) is 3.13. The van der Waals surface area contributed by atoms with Crippen LogP contribution in [-0.2, 0) is 6.54 Å². The Labute approximate surface area is 182 Å². The first kappa shape index (κ1) is 22.2. The second kappa shape index (κ2) is 10.5. The monoisotopic (exact) mass is 423 g/mol. The van der Waals surface area contributed by atoms with Crippen LogP contribution in [0.1, 0.15) is 36.3 Å². The molecule has 0 unspecified atom stereocenters. The van der Waals surface area contributed by atoms with Gasteiger partial charge in [0.2, 0.25) is 0 Å². The van der Waals surface area contributed by atoms with Crippen molar-refractivity contribution in [3.05, 3.63) is 66.0 Å². The van der Waals surface area contributed by atoms with E-state index in [1.807, 2.05) is 48.5 Å². The summed E-state index contributed by atoms with van der Waals surface area (Å²) in [5.41, 5.74) is 1.97. The van der Waals surface area contributed by atoms with Crippen LogP contribution in [0.3, 0.4) is 0 Å². The molecule has 31 heavy (non-hydrogen) atoms. The molecule has 2 aromatic carbocycles. The van der Waals surface area contributed by atoms with Crippen LogP contribution in [0.5, 0.6) is 17.2 Å². The second-order valence-electron chi connectivity index (χ2n) is 7.53. The predicted molar refractivity (Wildman–Crippen MR) is 119 cm³/mol. The zero-order valence-electron chi connectivity index (χ0n) is 18.4. The molecule has 1 amide bonds. The van der Waals surface area contributed by atoms with Crippen molar-refractivity contribution in [1.82, 2.24) is 15.1 Å². The first-order chi connectivity index (χ1) is 15.0. The number of nitrogens with zero attached hydrogens (tertiary/aromatic N) is 2. The lowest BCUT2D eigenvalue weighted by Crippen LogP contribution is -2.24. The Hall–Kier alpha value is -3.48. The number of carbonyl (C=O) groups is 1. The fraction of sp³-hybridized carbons (Fsp3) is 0.333. The van der Waals surface area contributed by atoms with Gasteiger partial charge in [-0.15, -0.1) is 0 Å². The van der Waals surface area contributed by atoms with Crippen LogP contribution < -0.4 is 19.5 Å². The lowest BCUT2D eigenvalue weighted by atomic mass is 10.1. The molecule has 3 rings (SSSR count). The number of nitrogens with one attached hydrogen (secondary N) is 1. The van der Waals surface area contributed by atoms with Gasteiger partial charge in [0.15, 0.2) is 22.9 Å². The Kier molecular flexibility index (Phi) is 7.54. The van der Waals surface area contributed by atoms with E-state index in [-0.39, 0.29) is 11.6 Å². The maximum atomic E-state index is 12.7. The minimum Gasteiger partial charge on any atom is -0.493 e. The van der Waals surface area contributed by atoms with E-state index in [1.54, 1.807) is 18.0 Å². The molecule has 0 aliphatic heterocycles. The summed E-state index contributed by atoms with van der Waals surface area (Å²) in [6.07, 6.45) is 2.66. The summed E-state index contributed by atoms with van der Waals surface area (Å²) in [6.45, 7) is 5.27. The quantitative estimate of drug-likeness (QED) is 0.528. The number of benzene rings is 2. The molecular weight excluding hydrogens is 394 g/mol. The molecule has 1 N–H and O–H groups in total. The maximum Gasteiger partial charge on any atom is 0.275 e. The molecule has 0 aliphatic carbocycles. The van der Waals surface area contributed by atoms with Gasteiger partial charge in [0.25, 0.3) is 5.91 Å². The van der Waals surface area contributed by atoms with Gasteiger partial charge in [0.1, 0.15) is 0 Å². The van der Waals surface area contributed by atoms with E-state index in [1.165, 1.54) is 7.11 Å². The number of carbonyl (C=O) groups excluding carboxylic acids is 1. The number of rotatable bonds is 10. The van der Waals surface area contributed by atoms with Crippen molar-refractivity contribution in [2.45, 2.75) is 26.8 Å². The van der Waals surface area contributed by atoms with E-state index in [9.17, 15) is 4.79 Å². The number of methoxy groups -OCH3 is 2. The second-order valence-corrected chi connectivity index (χ2v) is 7.53. The normalized spacial score (nSPS) is 10.7. The van der Waals surface area contributed by atoms with Gasteiger partial charge in [-0.3, -0.25) is 4.79 Å². The third-order valence-electron chi connectivity index (χ3n) is 4.77. The molecule has 1 aromatic heterocycles. The summed E-state index contributed by atoms with van der Waals surface area (Å²) < 4.78 is 18.2. The maximum absolute atomic E-state index is 12.7. The van der Waals surface area contributed by atoms with Crippen LogP contribution >= 0.6 is 0 Å². The van der Waals surface area contributed by atoms with Crippen LogP contribution in [0.15, 0.2) is 54.7 Å². The molecular formula is C24H29N3O4. The molecule has 0 spiro atoms. The highest BCUT2D eigenvalue weighted by atomic mass is 16.5. The van der Waals surface area contributed by atoms with E-state index in [2.05, 4.69) is 24.3 Å². The van der Waals surface area contributed by atoms with Crippen molar-refractivity contribution in [2.24, 2.45) is 5.92 Å². The fourth-order valence-electron chi connectivity index (χ4n) is 2.99. The molecule has 7 nitrogen and oxygen atoms in total. The number of aromatic nitrogens is 2. The summed E-state index contributed by atoms with van der Waals surface area (Å²) in [6, 6.07) is 15.2. The molecule has 0 radical (unpaired) electrons. The van der Waals surface area contributed by atoms with Gasteiger partial charge in [0, 0.05) is 6.54 Å². The largest absolute Gasteiger partial charge is 0.493 e. The lowest BCUT2D eigenvalue weighted by molar-refractivity contribution is 0.0942. The molecule has 0 bridgehead atoms. The minimum absolute atomic E-state index is 0.229. The number of hydrogen-bond donors (Lipinski definition) is 1. The number of amides is 1. The van der Waals surface area contributed by atoms with Crippen LogP contribution in [0, 0.1) is 5.92 Å². The Morgan fingerprint density at radius 3 is 2.45 bits per heavy atom.